The van der Waals surface area contributed by atoms with Gasteiger partial charge in [-0.1, -0.05) is 12.1 Å². The first-order valence-corrected chi connectivity index (χ1v) is 8.81. The highest BCUT2D eigenvalue weighted by atomic mass is 19.1. The lowest BCUT2D eigenvalue weighted by Crippen LogP contribution is -2.14. The molecule has 0 aliphatic rings. The first kappa shape index (κ1) is 19.3. The summed E-state index contributed by atoms with van der Waals surface area (Å²) in [6.45, 7) is 4.21. The van der Waals surface area contributed by atoms with Crippen molar-refractivity contribution in [3.05, 3.63) is 53.6 Å². The molecule has 0 atom stereocenters. The summed E-state index contributed by atoms with van der Waals surface area (Å²) in [6, 6.07) is 8.00. The molecule has 3 rings (SSSR count). The van der Waals surface area contributed by atoms with Crippen LogP contribution in [0, 0.1) is 5.82 Å². The Morgan fingerprint density at radius 3 is 2.57 bits per heavy atom. The fourth-order valence-electron chi connectivity index (χ4n) is 3.05. The van der Waals surface area contributed by atoms with Crippen molar-refractivity contribution in [1.82, 2.24) is 9.55 Å². The molecule has 0 unspecified atom stereocenters. The highest BCUT2D eigenvalue weighted by Crippen LogP contribution is 2.32. The smallest absolute Gasteiger partial charge is 0.356 e. The second-order valence-electron chi connectivity index (χ2n) is 6.22. The Hall–Kier alpha value is -3.42. The van der Waals surface area contributed by atoms with E-state index in [0.29, 0.717) is 35.5 Å². The Kier molecular flexibility index (Phi) is 5.58. The summed E-state index contributed by atoms with van der Waals surface area (Å²) in [4.78, 5) is 28.5. The molecule has 1 aromatic carbocycles. The van der Waals surface area contributed by atoms with Crippen LogP contribution < -0.4 is 10.6 Å². The Morgan fingerprint density at radius 2 is 1.96 bits per heavy atom. The molecule has 0 fully saturated rings. The molecule has 0 saturated carbocycles. The molecular formula is C20H21FN4O3. The van der Waals surface area contributed by atoms with Gasteiger partial charge in [-0.25, -0.2) is 14.2 Å². The first-order chi connectivity index (χ1) is 13.4. The van der Waals surface area contributed by atoms with E-state index in [0.717, 1.165) is 5.56 Å². The third-order valence-corrected chi connectivity index (χ3v) is 4.30. The van der Waals surface area contributed by atoms with Gasteiger partial charge in [-0.2, -0.15) is 0 Å². The summed E-state index contributed by atoms with van der Waals surface area (Å²) in [6.07, 6.45) is 1.65. The molecule has 0 bridgehead atoms. The van der Waals surface area contributed by atoms with Crippen LogP contribution >= 0.6 is 0 Å². The molecule has 146 valence electrons. The quantitative estimate of drug-likeness (QED) is 0.635. The van der Waals surface area contributed by atoms with Gasteiger partial charge >= 0.3 is 5.97 Å². The maximum atomic E-state index is 13.0. The van der Waals surface area contributed by atoms with Gasteiger partial charge in [0.2, 0.25) is 5.91 Å². The number of methoxy groups -OCH3 is 1. The molecule has 1 amide bonds. The van der Waals surface area contributed by atoms with E-state index in [4.69, 9.17) is 4.74 Å². The van der Waals surface area contributed by atoms with Gasteiger partial charge in [-0.15, -0.1) is 0 Å². The number of carbonyl (C=O) groups is 2. The number of amides is 1. The van der Waals surface area contributed by atoms with Crippen molar-refractivity contribution in [3.63, 3.8) is 0 Å². The molecule has 0 aliphatic carbocycles. The third-order valence-electron chi connectivity index (χ3n) is 4.30. The van der Waals surface area contributed by atoms with Crippen LogP contribution in [0.2, 0.25) is 0 Å². The van der Waals surface area contributed by atoms with Crippen LogP contribution in [0.4, 0.5) is 15.8 Å². The molecule has 0 saturated heterocycles. The van der Waals surface area contributed by atoms with Crippen molar-refractivity contribution >= 4 is 34.3 Å². The summed E-state index contributed by atoms with van der Waals surface area (Å²) in [7, 11) is 1.29. The van der Waals surface area contributed by atoms with Crippen LogP contribution in [-0.2, 0) is 22.6 Å². The summed E-state index contributed by atoms with van der Waals surface area (Å²) in [5.41, 5.74) is 2.80. The fraction of sp³-hybridized carbons (Fsp3) is 0.250. The first-order valence-electron chi connectivity index (χ1n) is 8.81. The highest BCUT2D eigenvalue weighted by Gasteiger charge is 2.24. The number of aromatic nitrogens is 2. The van der Waals surface area contributed by atoms with E-state index in [1.165, 1.54) is 26.2 Å². The number of esters is 1. The fourth-order valence-corrected chi connectivity index (χ4v) is 3.05. The SMILES string of the molecule is CCn1c(C(=O)OC)c(NC(C)=O)c2cc(NCc3ccc(F)cc3)cnc21. The Labute approximate surface area is 161 Å². The van der Waals surface area contributed by atoms with Gasteiger partial charge in [-0.3, -0.25) is 4.79 Å². The summed E-state index contributed by atoms with van der Waals surface area (Å²) < 4.78 is 19.6. The molecule has 8 heteroatoms. The lowest BCUT2D eigenvalue weighted by molar-refractivity contribution is -0.114. The van der Waals surface area contributed by atoms with Crippen molar-refractivity contribution < 1.29 is 18.7 Å². The number of fused-ring (bicyclic) bond motifs is 1. The molecule has 2 aromatic heterocycles. The molecule has 0 spiro atoms. The number of hydrogen-bond donors (Lipinski definition) is 2. The van der Waals surface area contributed by atoms with E-state index >= 15 is 0 Å². The van der Waals surface area contributed by atoms with Gasteiger partial charge in [0.15, 0.2) is 5.69 Å². The van der Waals surface area contributed by atoms with Gasteiger partial charge in [0.05, 0.1) is 24.7 Å². The predicted molar refractivity (Wildman–Crippen MR) is 105 cm³/mol. The number of nitrogens with zero attached hydrogens (tertiary/aromatic N) is 2. The minimum absolute atomic E-state index is 0.249. The minimum atomic E-state index is -0.551. The molecule has 2 N–H and O–H groups in total. The number of carbonyl (C=O) groups excluding carboxylic acids is 2. The maximum absolute atomic E-state index is 13.0. The number of nitrogens with one attached hydrogen (secondary N) is 2. The van der Waals surface area contributed by atoms with Crippen molar-refractivity contribution in [2.24, 2.45) is 0 Å². The van der Waals surface area contributed by atoms with Crippen LogP contribution in [0.5, 0.6) is 0 Å². The Morgan fingerprint density at radius 1 is 1.25 bits per heavy atom. The van der Waals surface area contributed by atoms with Crippen molar-refractivity contribution in [1.29, 1.82) is 0 Å². The third kappa shape index (κ3) is 3.80. The van der Waals surface area contributed by atoms with Gasteiger partial charge in [0, 0.05) is 25.4 Å². The Bertz CT molecular complexity index is 1030. The molecule has 0 radical (unpaired) electrons. The lowest BCUT2D eigenvalue weighted by Gasteiger charge is -2.07. The van der Waals surface area contributed by atoms with Crippen LogP contribution in [0.25, 0.3) is 11.0 Å². The number of benzene rings is 1. The number of aryl methyl sites for hydroxylation is 1. The number of rotatable bonds is 6. The zero-order chi connectivity index (χ0) is 20.3. The van der Waals surface area contributed by atoms with E-state index in [9.17, 15) is 14.0 Å². The highest BCUT2D eigenvalue weighted by molar-refractivity contribution is 6.10. The molecule has 7 nitrogen and oxygen atoms in total. The van der Waals surface area contributed by atoms with Crippen LogP contribution in [-0.4, -0.2) is 28.5 Å². The number of halogens is 1. The molecular weight excluding hydrogens is 363 g/mol. The minimum Gasteiger partial charge on any atom is -0.464 e. The number of pyridine rings is 1. The second-order valence-corrected chi connectivity index (χ2v) is 6.22. The number of anilines is 2. The van der Waals surface area contributed by atoms with Gasteiger partial charge in [0.1, 0.15) is 11.5 Å². The van der Waals surface area contributed by atoms with Crippen LogP contribution in [0.15, 0.2) is 36.5 Å². The van der Waals surface area contributed by atoms with Crippen molar-refractivity contribution in [2.75, 3.05) is 17.7 Å². The normalized spacial score (nSPS) is 10.7. The van der Waals surface area contributed by atoms with Gasteiger partial charge in [0.25, 0.3) is 0 Å². The van der Waals surface area contributed by atoms with E-state index in [-0.39, 0.29) is 17.4 Å². The maximum Gasteiger partial charge on any atom is 0.356 e. The zero-order valence-electron chi connectivity index (χ0n) is 15.9. The van der Waals surface area contributed by atoms with E-state index < -0.39 is 5.97 Å². The van der Waals surface area contributed by atoms with Crippen molar-refractivity contribution in [3.8, 4) is 0 Å². The molecule has 2 heterocycles. The molecule has 28 heavy (non-hydrogen) atoms. The van der Waals surface area contributed by atoms with Gasteiger partial charge in [-0.05, 0) is 30.7 Å². The molecule has 3 aromatic rings. The van der Waals surface area contributed by atoms with Crippen molar-refractivity contribution in [2.45, 2.75) is 26.9 Å². The Balaban J connectivity index is 2.02. The van der Waals surface area contributed by atoms with Gasteiger partial charge < -0.3 is 19.9 Å². The lowest BCUT2D eigenvalue weighted by atomic mass is 10.2. The largest absolute Gasteiger partial charge is 0.464 e. The second kappa shape index (κ2) is 8.08. The summed E-state index contributed by atoms with van der Waals surface area (Å²) >= 11 is 0. The molecule has 0 aliphatic heterocycles. The van der Waals surface area contributed by atoms with E-state index in [2.05, 4.69) is 15.6 Å². The zero-order valence-corrected chi connectivity index (χ0v) is 15.9. The van der Waals surface area contributed by atoms with E-state index in [1.807, 2.05) is 13.0 Å². The standard InChI is InChI=1S/C20H21FN4O3/c1-4-25-18(20(27)28-3)17(24-12(2)26)16-9-15(11-23-19(16)25)22-10-13-5-7-14(21)8-6-13/h5-9,11,22H,4,10H2,1-3H3,(H,24,26). The topological polar surface area (TPSA) is 85.2 Å². The monoisotopic (exact) mass is 384 g/mol. The number of ether oxygens (including phenoxy) is 1. The van der Waals surface area contributed by atoms with E-state index in [1.54, 1.807) is 22.9 Å². The number of hydrogen-bond acceptors (Lipinski definition) is 5. The average Bonchev–Trinajstić information content (AvgIpc) is 2.99. The predicted octanol–water partition coefficient (Wildman–Crippen LogP) is 3.55. The summed E-state index contributed by atoms with van der Waals surface area (Å²) in [5.74, 6) is -1.14. The van der Waals surface area contributed by atoms with Crippen LogP contribution in [0.1, 0.15) is 29.9 Å². The average molecular weight is 384 g/mol. The van der Waals surface area contributed by atoms with Crippen LogP contribution in [0.3, 0.4) is 0 Å². The summed E-state index contributed by atoms with van der Waals surface area (Å²) in [5, 5.41) is 6.57.